The molecule has 148 valence electrons. The Morgan fingerprint density at radius 2 is 1.79 bits per heavy atom. The number of unbranched alkanes of at least 4 members (excludes halogenated alkanes) is 1. The third-order valence-corrected chi connectivity index (χ3v) is 3.63. The van der Waals surface area contributed by atoms with Crippen LogP contribution in [-0.4, -0.2) is 31.9 Å². The van der Waals surface area contributed by atoms with Crippen LogP contribution in [0, 0.1) is 0 Å². The average Bonchev–Trinajstić information content (AvgIpc) is 2.72. The van der Waals surface area contributed by atoms with Crippen LogP contribution in [0.5, 0.6) is 17.2 Å². The minimum absolute atomic E-state index is 0.137. The van der Waals surface area contributed by atoms with Crippen molar-refractivity contribution in [3.63, 3.8) is 0 Å². The van der Waals surface area contributed by atoms with Crippen molar-refractivity contribution in [2.45, 2.75) is 19.8 Å². The topological polar surface area (TPSA) is 69.2 Å². The summed E-state index contributed by atoms with van der Waals surface area (Å²) in [7, 11) is 0. The van der Waals surface area contributed by atoms with Gasteiger partial charge in [-0.3, -0.25) is 4.79 Å². The molecule has 0 radical (unpaired) electrons. The number of rotatable bonds is 12. The summed E-state index contributed by atoms with van der Waals surface area (Å²) in [5.41, 5.74) is 3.19. The first-order valence-electron chi connectivity index (χ1n) is 9.23. The maximum absolute atomic E-state index is 11.9. The van der Waals surface area contributed by atoms with Crippen molar-refractivity contribution >= 4 is 12.1 Å². The fourth-order valence-corrected chi connectivity index (χ4v) is 2.19. The summed E-state index contributed by atoms with van der Waals surface area (Å²) >= 11 is 0. The third-order valence-electron chi connectivity index (χ3n) is 3.63. The molecule has 28 heavy (non-hydrogen) atoms. The Hall–Kier alpha value is -3.28. The van der Waals surface area contributed by atoms with E-state index in [-0.39, 0.29) is 12.5 Å². The number of para-hydroxylation sites is 1. The van der Waals surface area contributed by atoms with Crippen LogP contribution < -0.4 is 19.6 Å². The van der Waals surface area contributed by atoms with Gasteiger partial charge in [-0.15, -0.1) is 0 Å². The Kier molecular flexibility index (Phi) is 9.14. The Bertz CT molecular complexity index is 772. The zero-order chi connectivity index (χ0) is 20.0. The largest absolute Gasteiger partial charge is 0.494 e. The van der Waals surface area contributed by atoms with Gasteiger partial charge in [-0.1, -0.05) is 38.1 Å². The maximum atomic E-state index is 11.9. The number of amides is 1. The summed E-state index contributed by atoms with van der Waals surface area (Å²) in [6.45, 7) is 6.69. The van der Waals surface area contributed by atoms with E-state index >= 15 is 0 Å². The maximum Gasteiger partial charge on any atom is 0.277 e. The van der Waals surface area contributed by atoms with Crippen molar-refractivity contribution in [3.8, 4) is 17.2 Å². The highest BCUT2D eigenvalue weighted by Gasteiger charge is 2.03. The summed E-state index contributed by atoms with van der Waals surface area (Å²) in [5.74, 6) is 1.68. The fraction of sp³-hybridized carbons (Fsp3) is 0.273. The second-order valence-corrected chi connectivity index (χ2v) is 5.89. The van der Waals surface area contributed by atoms with Crippen molar-refractivity contribution in [2.75, 3.05) is 19.8 Å². The number of benzene rings is 2. The van der Waals surface area contributed by atoms with Crippen molar-refractivity contribution in [1.82, 2.24) is 5.43 Å². The van der Waals surface area contributed by atoms with Gasteiger partial charge >= 0.3 is 0 Å². The Labute approximate surface area is 165 Å². The van der Waals surface area contributed by atoms with E-state index in [0.29, 0.717) is 24.7 Å². The minimum atomic E-state index is -0.357. The minimum Gasteiger partial charge on any atom is -0.494 e. The highest BCUT2D eigenvalue weighted by Crippen LogP contribution is 2.18. The van der Waals surface area contributed by atoms with Crippen molar-refractivity contribution < 1.29 is 19.0 Å². The summed E-state index contributed by atoms with van der Waals surface area (Å²) in [4.78, 5) is 11.9. The quantitative estimate of drug-likeness (QED) is 0.261. The first-order valence-corrected chi connectivity index (χ1v) is 9.23. The molecule has 2 aromatic rings. The molecule has 0 bridgehead atoms. The monoisotopic (exact) mass is 382 g/mol. The molecule has 0 unspecified atom stereocenters. The molecular weight excluding hydrogens is 356 g/mol. The molecule has 0 saturated carbocycles. The Morgan fingerprint density at radius 3 is 2.50 bits per heavy atom. The zero-order valence-corrected chi connectivity index (χ0v) is 16.1. The van der Waals surface area contributed by atoms with Gasteiger partial charge in [0.15, 0.2) is 6.61 Å². The number of carbonyl (C=O) groups is 1. The number of carbonyl (C=O) groups excluding carboxylic acids is 1. The number of hydrogen-bond donors (Lipinski definition) is 1. The summed E-state index contributed by atoms with van der Waals surface area (Å²) < 4.78 is 16.6. The molecule has 0 aliphatic heterocycles. The Balaban J connectivity index is 1.77. The van der Waals surface area contributed by atoms with E-state index in [1.807, 2.05) is 36.4 Å². The average molecular weight is 382 g/mol. The van der Waals surface area contributed by atoms with E-state index in [0.717, 1.165) is 24.2 Å². The lowest BCUT2D eigenvalue weighted by molar-refractivity contribution is -0.123. The first-order chi connectivity index (χ1) is 13.7. The van der Waals surface area contributed by atoms with Crippen LogP contribution in [0.1, 0.15) is 25.3 Å². The van der Waals surface area contributed by atoms with Gasteiger partial charge in [0.2, 0.25) is 0 Å². The van der Waals surface area contributed by atoms with Gasteiger partial charge in [-0.05, 0) is 42.8 Å². The second-order valence-electron chi connectivity index (χ2n) is 5.89. The second kappa shape index (κ2) is 12.2. The first kappa shape index (κ1) is 21.0. The lowest BCUT2D eigenvalue weighted by Gasteiger charge is -2.08. The van der Waals surface area contributed by atoms with Gasteiger partial charge in [-0.25, -0.2) is 5.43 Å². The highest BCUT2D eigenvalue weighted by molar-refractivity contribution is 5.85. The third kappa shape index (κ3) is 7.53. The van der Waals surface area contributed by atoms with E-state index in [1.165, 1.54) is 6.21 Å². The molecule has 0 aliphatic rings. The molecule has 6 heteroatoms. The molecule has 2 aromatic carbocycles. The van der Waals surface area contributed by atoms with Crippen molar-refractivity contribution in [1.29, 1.82) is 0 Å². The molecule has 2 rings (SSSR count). The molecular formula is C22H26N2O4. The predicted octanol–water partition coefficient (Wildman–Crippen LogP) is 3.96. The molecule has 1 amide bonds. The van der Waals surface area contributed by atoms with E-state index in [2.05, 4.69) is 24.0 Å². The van der Waals surface area contributed by atoms with Crippen LogP contribution in [-0.2, 0) is 4.79 Å². The molecule has 0 saturated heterocycles. The molecule has 6 nitrogen and oxygen atoms in total. The van der Waals surface area contributed by atoms with Gasteiger partial charge in [-0.2, -0.15) is 5.10 Å². The lowest BCUT2D eigenvalue weighted by Crippen LogP contribution is -2.24. The smallest absolute Gasteiger partial charge is 0.277 e. The van der Waals surface area contributed by atoms with Crippen LogP contribution in [0.25, 0.3) is 0 Å². The van der Waals surface area contributed by atoms with E-state index in [1.54, 1.807) is 18.2 Å². The van der Waals surface area contributed by atoms with E-state index < -0.39 is 0 Å². The van der Waals surface area contributed by atoms with Crippen LogP contribution in [0.15, 0.2) is 66.3 Å². The molecule has 0 aliphatic carbocycles. The highest BCUT2D eigenvalue weighted by atomic mass is 16.5. The van der Waals surface area contributed by atoms with Crippen molar-refractivity contribution in [2.24, 2.45) is 5.10 Å². The van der Waals surface area contributed by atoms with Gasteiger partial charge in [0, 0.05) is 5.56 Å². The number of nitrogens with one attached hydrogen (secondary N) is 1. The fourth-order valence-electron chi connectivity index (χ4n) is 2.19. The van der Waals surface area contributed by atoms with Gasteiger partial charge in [0.1, 0.15) is 23.9 Å². The normalized spacial score (nSPS) is 10.5. The SMILES string of the molecule is C=CCOc1ccccc1/C=N\NC(=O)COc1ccc(OCCCC)cc1. The van der Waals surface area contributed by atoms with Crippen molar-refractivity contribution in [3.05, 3.63) is 66.7 Å². The molecule has 0 atom stereocenters. The summed E-state index contributed by atoms with van der Waals surface area (Å²) in [6, 6.07) is 14.6. The van der Waals surface area contributed by atoms with Gasteiger partial charge in [0.25, 0.3) is 5.91 Å². The van der Waals surface area contributed by atoms with Crippen LogP contribution in [0.2, 0.25) is 0 Å². The molecule has 0 spiro atoms. The number of ether oxygens (including phenoxy) is 3. The molecule has 0 aromatic heterocycles. The number of hydrazone groups is 1. The van der Waals surface area contributed by atoms with Gasteiger partial charge in [0.05, 0.1) is 12.8 Å². The van der Waals surface area contributed by atoms with Crippen LogP contribution in [0.4, 0.5) is 0 Å². The van der Waals surface area contributed by atoms with E-state index in [4.69, 9.17) is 14.2 Å². The summed E-state index contributed by atoms with van der Waals surface area (Å²) in [5, 5.41) is 3.95. The molecule has 0 heterocycles. The zero-order valence-electron chi connectivity index (χ0n) is 16.1. The molecule has 1 N–H and O–H groups in total. The number of hydrogen-bond acceptors (Lipinski definition) is 5. The van der Waals surface area contributed by atoms with Gasteiger partial charge < -0.3 is 14.2 Å². The van der Waals surface area contributed by atoms with Crippen LogP contribution in [0.3, 0.4) is 0 Å². The molecule has 0 fully saturated rings. The Morgan fingerprint density at radius 1 is 1.07 bits per heavy atom. The van der Waals surface area contributed by atoms with Crippen LogP contribution >= 0.6 is 0 Å². The summed E-state index contributed by atoms with van der Waals surface area (Å²) in [6.07, 6.45) is 5.30. The number of nitrogens with zero attached hydrogens (tertiary/aromatic N) is 1. The standard InChI is InChI=1S/C22H26N2O4/c1-3-5-15-26-19-10-12-20(13-11-19)28-17-22(25)24-23-16-18-8-6-7-9-21(18)27-14-4-2/h4,6-13,16H,2-3,5,14-15,17H2,1H3,(H,24,25)/b23-16-. The predicted molar refractivity (Wildman–Crippen MR) is 110 cm³/mol. The lowest BCUT2D eigenvalue weighted by atomic mass is 10.2. The van der Waals surface area contributed by atoms with E-state index in [9.17, 15) is 4.79 Å².